The number of anilines is 1. The zero-order chi connectivity index (χ0) is 33.8. The highest BCUT2D eigenvalue weighted by atomic mass is 35.5. The van der Waals surface area contributed by atoms with Crippen LogP contribution in [0.25, 0.3) is 11.0 Å². The summed E-state index contributed by atoms with van der Waals surface area (Å²) in [6.45, 7) is 3.38. The molecule has 3 amide bonds. The molecule has 2 saturated heterocycles. The number of fused-ring (bicyclic) bond motifs is 1. The van der Waals surface area contributed by atoms with Gasteiger partial charge in [0, 0.05) is 75.0 Å². The van der Waals surface area contributed by atoms with Gasteiger partial charge in [0.2, 0.25) is 11.8 Å². The molecule has 1 N–H and O–H groups in total. The Balaban J connectivity index is 1.20. The molecule has 0 aliphatic carbocycles. The van der Waals surface area contributed by atoms with E-state index in [1.165, 1.54) is 26.4 Å². The second kappa shape index (κ2) is 14.4. The van der Waals surface area contributed by atoms with Crippen molar-refractivity contribution in [3.05, 3.63) is 98.9 Å². The Morgan fingerprint density at radius 1 is 0.917 bits per heavy atom. The predicted molar refractivity (Wildman–Crippen MR) is 182 cm³/mol. The number of carbonyl (C=O) groups excluding carboxylic acids is 3. The third-order valence-electron chi connectivity index (χ3n) is 8.87. The number of halogens is 1. The van der Waals surface area contributed by atoms with Crippen LogP contribution < -0.4 is 25.1 Å². The summed E-state index contributed by atoms with van der Waals surface area (Å²) in [6.07, 6.45) is 1.68. The Morgan fingerprint density at radius 3 is 2.31 bits per heavy atom. The highest BCUT2D eigenvalue weighted by Crippen LogP contribution is 2.31. The summed E-state index contributed by atoms with van der Waals surface area (Å²) in [4.78, 5) is 58.8. The third-order valence-corrected chi connectivity index (χ3v) is 9.12. The smallest absolute Gasteiger partial charge is 0.287 e. The van der Waals surface area contributed by atoms with Gasteiger partial charge in [0.1, 0.15) is 11.6 Å². The number of benzene rings is 3. The molecule has 0 saturated carbocycles. The number of ether oxygens (including phenoxy) is 2. The number of carbonyl (C=O) groups is 3. The number of para-hydroxylation sites is 1. The van der Waals surface area contributed by atoms with Gasteiger partial charge in [-0.3, -0.25) is 19.2 Å². The fourth-order valence-corrected chi connectivity index (χ4v) is 6.42. The van der Waals surface area contributed by atoms with Crippen LogP contribution in [0.5, 0.6) is 11.5 Å². The molecule has 0 bridgehead atoms. The molecule has 4 aromatic rings. The first-order valence-corrected chi connectivity index (χ1v) is 16.3. The molecule has 11 nitrogen and oxygen atoms in total. The summed E-state index contributed by atoms with van der Waals surface area (Å²) in [5.41, 5.74) is 2.65. The Morgan fingerprint density at radius 2 is 1.62 bits per heavy atom. The average Bonchev–Trinajstić information content (AvgIpc) is 3.51. The first-order chi connectivity index (χ1) is 23.2. The first kappa shape index (κ1) is 32.9. The van der Waals surface area contributed by atoms with Crippen LogP contribution in [0.2, 0.25) is 5.02 Å². The van der Waals surface area contributed by atoms with Crippen molar-refractivity contribution in [1.29, 1.82) is 0 Å². The third kappa shape index (κ3) is 7.11. The molecule has 2 fully saturated rings. The number of methoxy groups -OCH3 is 2. The maximum atomic E-state index is 14.0. The molecule has 1 aromatic heterocycles. The quantitative estimate of drug-likeness (QED) is 0.265. The minimum atomic E-state index is -0.940. The van der Waals surface area contributed by atoms with Crippen molar-refractivity contribution in [2.24, 2.45) is 0 Å². The number of nitrogens with zero attached hydrogens (tertiary/aromatic N) is 3. The van der Waals surface area contributed by atoms with Crippen LogP contribution in [0.1, 0.15) is 34.5 Å². The van der Waals surface area contributed by atoms with Gasteiger partial charge in [-0.15, -0.1) is 0 Å². The van der Waals surface area contributed by atoms with E-state index in [1.54, 1.807) is 17.0 Å². The van der Waals surface area contributed by atoms with Gasteiger partial charge in [-0.25, -0.2) is 0 Å². The molecule has 0 spiro atoms. The van der Waals surface area contributed by atoms with Crippen molar-refractivity contribution in [2.75, 3.05) is 51.8 Å². The van der Waals surface area contributed by atoms with Crippen molar-refractivity contribution in [3.8, 4) is 11.5 Å². The summed E-state index contributed by atoms with van der Waals surface area (Å²) in [6, 6.07) is 18.3. The second-order valence-electron chi connectivity index (χ2n) is 11.9. The van der Waals surface area contributed by atoms with E-state index in [4.69, 9.17) is 25.5 Å². The predicted octanol–water partition coefficient (Wildman–Crippen LogP) is 4.28. The van der Waals surface area contributed by atoms with Gasteiger partial charge < -0.3 is 33.9 Å². The standard InChI is InChI=1S/C36H37ClN4O7/c1-46-31-19-26-29(42)20-33(48-30(26)21-32(31)47-2)35(44)38-27(18-23-9-11-25(37)12-10-23)36(45)40-16-14-39(15-17-40)28-7-4-3-6-24(28)22-41-13-5-8-34(41)43/h3-4,6-7,9-12,19-21,27H,5,8,13-18,22H2,1-2H3,(H,38,44)/t27-/m0/s1. The van der Waals surface area contributed by atoms with Crippen molar-refractivity contribution in [2.45, 2.75) is 31.8 Å². The van der Waals surface area contributed by atoms with E-state index < -0.39 is 17.4 Å². The largest absolute Gasteiger partial charge is 0.493 e. The number of rotatable bonds is 10. The lowest BCUT2D eigenvalue weighted by Crippen LogP contribution is -2.55. The normalized spacial score (nSPS) is 15.5. The maximum absolute atomic E-state index is 14.0. The molecule has 48 heavy (non-hydrogen) atoms. The summed E-state index contributed by atoms with van der Waals surface area (Å²) in [7, 11) is 2.92. The van der Waals surface area contributed by atoms with Crippen LogP contribution >= 0.6 is 11.6 Å². The molecule has 0 radical (unpaired) electrons. The molecule has 0 unspecified atom stereocenters. The van der Waals surface area contributed by atoms with E-state index in [0.29, 0.717) is 55.7 Å². The fourth-order valence-electron chi connectivity index (χ4n) is 6.30. The minimum absolute atomic E-state index is 0.149. The number of likely N-dealkylation sites (tertiary alicyclic amines) is 1. The van der Waals surface area contributed by atoms with E-state index in [2.05, 4.69) is 16.3 Å². The van der Waals surface area contributed by atoms with Gasteiger partial charge in [-0.2, -0.15) is 0 Å². The van der Waals surface area contributed by atoms with Crippen molar-refractivity contribution in [3.63, 3.8) is 0 Å². The van der Waals surface area contributed by atoms with E-state index in [1.807, 2.05) is 35.2 Å². The van der Waals surface area contributed by atoms with Gasteiger partial charge in [0.15, 0.2) is 22.7 Å². The van der Waals surface area contributed by atoms with Gasteiger partial charge in [0.05, 0.1) is 19.6 Å². The van der Waals surface area contributed by atoms with E-state index >= 15 is 0 Å². The first-order valence-electron chi connectivity index (χ1n) is 15.9. The molecule has 2 aliphatic heterocycles. The van der Waals surface area contributed by atoms with E-state index in [9.17, 15) is 19.2 Å². The lowest BCUT2D eigenvalue weighted by atomic mass is 10.0. The van der Waals surface area contributed by atoms with Gasteiger partial charge in [-0.05, 0) is 41.8 Å². The number of amides is 3. The minimum Gasteiger partial charge on any atom is -0.493 e. The van der Waals surface area contributed by atoms with Crippen molar-refractivity contribution >= 4 is 46.0 Å². The van der Waals surface area contributed by atoms with E-state index in [-0.39, 0.29) is 35.0 Å². The van der Waals surface area contributed by atoms with Crippen LogP contribution in [0, 0.1) is 0 Å². The second-order valence-corrected chi connectivity index (χ2v) is 12.3. The Labute approximate surface area is 283 Å². The van der Waals surface area contributed by atoms with E-state index in [0.717, 1.165) is 35.8 Å². The topological polar surface area (TPSA) is 122 Å². The van der Waals surface area contributed by atoms with Gasteiger partial charge >= 0.3 is 0 Å². The zero-order valence-electron chi connectivity index (χ0n) is 26.9. The lowest BCUT2D eigenvalue weighted by Gasteiger charge is -2.38. The molecule has 3 aromatic carbocycles. The molecule has 6 rings (SSSR count). The summed E-state index contributed by atoms with van der Waals surface area (Å²) >= 11 is 6.10. The zero-order valence-corrected chi connectivity index (χ0v) is 27.6. The lowest BCUT2D eigenvalue weighted by molar-refractivity contribution is -0.133. The average molecular weight is 673 g/mol. The molecule has 3 heterocycles. The molecule has 12 heteroatoms. The van der Waals surface area contributed by atoms with Crippen LogP contribution in [0.4, 0.5) is 5.69 Å². The van der Waals surface area contributed by atoms with Crippen molar-refractivity contribution < 1.29 is 28.3 Å². The highest BCUT2D eigenvalue weighted by molar-refractivity contribution is 6.30. The number of hydrogen-bond donors (Lipinski definition) is 1. The van der Waals surface area contributed by atoms with Crippen LogP contribution in [-0.2, 0) is 22.6 Å². The monoisotopic (exact) mass is 672 g/mol. The van der Waals surface area contributed by atoms with Crippen molar-refractivity contribution in [1.82, 2.24) is 15.1 Å². The number of nitrogens with one attached hydrogen (secondary N) is 1. The molecule has 1 atom stereocenters. The summed E-state index contributed by atoms with van der Waals surface area (Å²) in [5, 5.41) is 3.61. The molecule has 2 aliphatic rings. The fraction of sp³-hybridized carbons (Fsp3) is 0.333. The van der Waals surface area contributed by atoms with Crippen LogP contribution in [-0.4, -0.2) is 80.5 Å². The Bertz CT molecular complexity index is 1890. The van der Waals surface area contributed by atoms with Gasteiger partial charge in [-0.1, -0.05) is 41.9 Å². The van der Waals surface area contributed by atoms with Gasteiger partial charge in [0.25, 0.3) is 5.91 Å². The highest BCUT2D eigenvalue weighted by Gasteiger charge is 2.31. The Kier molecular flexibility index (Phi) is 9.86. The molecule has 250 valence electrons. The Hall–Kier alpha value is -5.03. The van der Waals surface area contributed by atoms with Crippen LogP contribution in [0.3, 0.4) is 0 Å². The summed E-state index contributed by atoms with van der Waals surface area (Å²) < 4.78 is 16.5. The number of piperazine rings is 1. The maximum Gasteiger partial charge on any atom is 0.287 e. The molecular weight excluding hydrogens is 636 g/mol. The van der Waals surface area contributed by atoms with Crippen LogP contribution in [0.15, 0.2) is 75.9 Å². The molecular formula is C36H37ClN4O7. The number of hydrogen-bond acceptors (Lipinski definition) is 8. The SMILES string of the molecule is COc1cc2oc(C(=O)N[C@@H](Cc3ccc(Cl)cc3)C(=O)N3CCN(c4ccccc4CN4CCCC4=O)CC3)cc(=O)c2cc1OC. The summed E-state index contributed by atoms with van der Waals surface area (Å²) in [5.74, 6) is -0.298.